The Morgan fingerprint density at radius 3 is 2.64 bits per heavy atom. The lowest BCUT2D eigenvalue weighted by molar-refractivity contribution is -0.143. The van der Waals surface area contributed by atoms with Crippen LogP contribution in [0.3, 0.4) is 0 Å². The van der Waals surface area contributed by atoms with Crippen LogP contribution < -0.4 is 9.47 Å². The van der Waals surface area contributed by atoms with Crippen LogP contribution in [0.15, 0.2) is 48.5 Å². The van der Waals surface area contributed by atoms with Crippen LogP contribution in [-0.2, 0) is 21.2 Å². The van der Waals surface area contributed by atoms with Gasteiger partial charge in [-0.2, -0.15) is 0 Å². The average molecular weight is 405 g/mol. The maximum atomic E-state index is 13.6. The number of nitrogens with zero attached hydrogens (tertiary/aromatic N) is 1. The van der Waals surface area contributed by atoms with Crippen molar-refractivity contribution in [3.63, 3.8) is 0 Å². The number of sulfone groups is 1. The van der Waals surface area contributed by atoms with E-state index in [0.717, 1.165) is 0 Å². The number of hydrogen-bond acceptors (Lipinski definition) is 5. The Bertz CT molecular complexity index is 994. The summed E-state index contributed by atoms with van der Waals surface area (Å²) in [6.45, 7) is 0.146. The fourth-order valence-corrected chi connectivity index (χ4v) is 5.30. The minimum atomic E-state index is -3.19. The van der Waals surface area contributed by atoms with Gasteiger partial charge in [0.15, 0.2) is 21.3 Å². The van der Waals surface area contributed by atoms with Crippen molar-refractivity contribution in [1.29, 1.82) is 0 Å². The van der Waals surface area contributed by atoms with Gasteiger partial charge in [-0.1, -0.05) is 24.3 Å². The molecule has 28 heavy (non-hydrogen) atoms. The van der Waals surface area contributed by atoms with E-state index in [-0.39, 0.29) is 30.6 Å². The van der Waals surface area contributed by atoms with Gasteiger partial charge in [-0.15, -0.1) is 0 Å². The third-order valence-electron chi connectivity index (χ3n) is 4.96. The van der Waals surface area contributed by atoms with E-state index in [2.05, 4.69) is 0 Å². The third kappa shape index (κ3) is 3.96. The smallest absolute Gasteiger partial charge is 0.267 e. The number of rotatable bonds is 4. The molecular formula is C20H20FNO5S. The van der Waals surface area contributed by atoms with E-state index < -0.39 is 27.8 Å². The molecule has 6 nitrogen and oxygen atoms in total. The Morgan fingerprint density at radius 2 is 1.93 bits per heavy atom. The van der Waals surface area contributed by atoms with Crippen LogP contribution >= 0.6 is 0 Å². The van der Waals surface area contributed by atoms with E-state index in [1.54, 1.807) is 30.3 Å². The number of ether oxygens (including phenoxy) is 2. The molecule has 0 radical (unpaired) electrons. The molecule has 2 aromatic rings. The lowest BCUT2D eigenvalue weighted by Gasteiger charge is -2.34. The number of fused-ring (bicyclic) bond motifs is 1. The van der Waals surface area contributed by atoms with E-state index in [0.29, 0.717) is 23.5 Å². The van der Waals surface area contributed by atoms with Crippen LogP contribution in [0.5, 0.6) is 11.5 Å². The molecule has 1 saturated heterocycles. The summed E-state index contributed by atoms with van der Waals surface area (Å²) in [4.78, 5) is 14.7. The van der Waals surface area contributed by atoms with Crippen molar-refractivity contribution < 1.29 is 27.1 Å². The Kier molecular flexibility index (Phi) is 4.97. The summed E-state index contributed by atoms with van der Waals surface area (Å²) in [6.07, 6.45) is -0.528. The van der Waals surface area contributed by atoms with E-state index in [1.807, 2.05) is 6.07 Å². The zero-order valence-corrected chi connectivity index (χ0v) is 15.9. The van der Waals surface area contributed by atoms with Gasteiger partial charge in [0.1, 0.15) is 12.4 Å². The summed E-state index contributed by atoms with van der Waals surface area (Å²) in [5.41, 5.74) is 0.592. The molecule has 0 unspecified atom stereocenters. The van der Waals surface area contributed by atoms with Gasteiger partial charge in [-0.25, -0.2) is 12.8 Å². The minimum absolute atomic E-state index is 0.0367. The quantitative estimate of drug-likeness (QED) is 0.780. The molecule has 2 aliphatic heterocycles. The first-order valence-corrected chi connectivity index (χ1v) is 10.9. The zero-order chi connectivity index (χ0) is 19.7. The number of para-hydroxylation sites is 2. The predicted molar refractivity (Wildman–Crippen MR) is 100 cm³/mol. The summed E-state index contributed by atoms with van der Waals surface area (Å²) in [6, 6.07) is 12.5. The van der Waals surface area contributed by atoms with Crippen molar-refractivity contribution in [2.75, 3.05) is 18.1 Å². The fraction of sp³-hybridized carbons (Fsp3) is 0.350. The van der Waals surface area contributed by atoms with Crippen molar-refractivity contribution in [1.82, 2.24) is 4.90 Å². The SMILES string of the molecule is O=C([C@@H]1COc2ccccc2O1)N(Cc1cccc(F)c1)[C@H]1CCS(=O)(=O)C1. The lowest BCUT2D eigenvalue weighted by Crippen LogP contribution is -2.50. The standard InChI is InChI=1S/C20H20FNO5S/c21-15-5-3-4-14(10-15)11-22(16-8-9-28(24,25)13-16)20(23)19-12-26-17-6-1-2-7-18(17)27-19/h1-7,10,16,19H,8-9,11-13H2/t16-,19-/m0/s1. The van der Waals surface area contributed by atoms with Crippen molar-refractivity contribution in [2.24, 2.45) is 0 Å². The first-order valence-electron chi connectivity index (χ1n) is 9.05. The second-order valence-corrected chi connectivity index (χ2v) is 9.25. The van der Waals surface area contributed by atoms with Gasteiger partial charge in [-0.3, -0.25) is 4.79 Å². The Balaban J connectivity index is 1.58. The van der Waals surface area contributed by atoms with E-state index in [4.69, 9.17) is 9.47 Å². The number of amides is 1. The van der Waals surface area contributed by atoms with Crippen LogP contribution in [0.1, 0.15) is 12.0 Å². The van der Waals surface area contributed by atoms with Crippen LogP contribution in [0.25, 0.3) is 0 Å². The molecule has 0 aliphatic carbocycles. The van der Waals surface area contributed by atoms with Gasteiger partial charge in [0, 0.05) is 12.6 Å². The van der Waals surface area contributed by atoms with Crippen molar-refractivity contribution in [3.8, 4) is 11.5 Å². The molecule has 2 aromatic carbocycles. The third-order valence-corrected chi connectivity index (χ3v) is 6.71. The van der Waals surface area contributed by atoms with Crippen molar-refractivity contribution in [2.45, 2.75) is 25.1 Å². The number of carbonyl (C=O) groups excluding carboxylic acids is 1. The monoisotopic (exact) mass is 405 g/mol. The molecule has 0 aromatic heterocycles. The summed E-state index contributed by atoms with van der Waals surface area (Å²) in [5, 5.41) is 0. The van der Waals surface area contributed by atoms with E-state index in [1.165, 1.54) is 17.0 Å². The van der Waals surface area contributed by atoms with Crippen LogP contribution in [0.4, 0.5) is 4.39 Å². The molecule has 0 N–H and O–H groups in total. The zero-order valence-electron chi connectivity index (χ0n) is 15.1. The molecule has 8 heteroatoms. The second-order valence-electron chi connectivity index (χ2n) is 7.02. The highest BCUT2D eigenvalue weighted by Crippen LogP contribution is 2.32. The maximum Gasteiger partial charge on any atom is 0.267 e. The van der Waals surface area contributed by atoms with Gasteiger partial charge < -0.3 is 14.4 Å². The van der Waals surface area contributed by atoms with Crippen LogP contribution in [-0.4, -0.2) is 49.5 Å². The summed E-state index contributed by atoms with van der Waals surface area (Å²) in [7, 11) is -3.19. The molecule has 2 aliphatic rings. The van der Waals surface area contributed by atoms with Crippen molar-refractivity contribution in [3.05, 3.63) is 59.9 Å². The summed E-state index contributed by atoms with van der Waals surface area (Å²) >= 11 is 0. The summed E-state index contributed by atoms with van der Waals surface area (Å²) < 4.78 is 49.0. The molecule has 2 heterocycles. The molecule has 0 spiro atoms. The first-order chi connectivity index (χ1) is 13.4. The first kappa shape index (κ1) is 18.7. The largest absolute Gasteiger partial charge is 0.485 e. The van der Waals surface area contributed by atoms with Gasteiger partial charge in [-0.05, 0) is 36.2 Å². The Morgan fingerprint density at radius 1 is 1.14 bits per heavy atom. The van der Waals surface area contributed by atoms with E-state index in [9.17, 15) is 17.6 Å². The Labute approximate surface area is 162 Å². The topological polar surface area (TPSA) is 72.9 Å². The number of halogens is 1. The van der Waals surface area contributed by atoms with Gasteiger partial charge in [0.2, 0.25) is 6.10 Å². The molecule has 2 atom stereocenters. The van der Waals surface area contributed by atoms with E-state index >= 15 is 0 Å². The predicted octanol–water partition coefficient (Wildman–Crippen LogP) is 2.18. The lowest BCUT2D eigenvalue weighted by atomic mass is 10.1. The number of carbonyl (C=O) groups is 1. The Hall–Kier alpha value is -2.61. The van der Waals surface area contributed by atoms with Gasteiger partial charge >= 0.3 is 0 Å². The molecular weight excluding hydrogens is 385 g/mol. The molecule has 1 fully saturated rings. The highest BCUT2D eigenvalue weighted by molar-refractivity contribution is 7.91. The van der Waals surface area contributed by atoms with Crippen LogP contribution in [0, 0.1) is 5.82 Å². The number of benzene rings is 2. The van der Waals surface area contributed by atoms with Crippen molar-refractivity contribution >= 4 is 15.7 Å². The second kappa shape index (κ2) is 7.43. The number of hydrogen-bond donors (Lipinski definition) is 0. The highest BCUT2D eigenvalue weighted by atomic mass is 32.2. The van der Waals surface area contributed by atoms with Crippen LogP contribution in [0.2, 0.25) is 0 Å². The average Bonchev–Trinajstić information content (AvgIpc) is 3.05. The molecule has 1 amide bonds. The van der Waals surface area contributed by atoms with Gasteiger partial charge in [0.25, 0.3) is 5.91 Å². The molecule has 4 rings (SSSR count). The fourth-order valence-electron chi connectivity index (χ4n) is 3.57. The normalized spacial score (nSPS) is 22.6. The molecule has 148 valence electrons. The maximum absolute atomic E-state index is 13.6. The van der Waals surface area contributed by atoms with Gasteiger partial charge in [0.05, 0.1) is 11.5 Å². The highest BCUT2D eigenvalue weighted by Gasteiger charge is 2.39. The molecule has 0 bridgehead atoms. The summed E-state index contributed by atoms with van der Waals surface area (Å²) in [5.74, 6) is 0.202. The minimum Gasteiger partial charge on any atom is -0.485 e. The molecule has 0 saturated carbocycles.